The van der Waals surface area contributed by atoms with Gasteiger partial charge in [0.25, 0.3) is 0 Å². The third-order valence-corrected chi connectivity index (χ3v) is 6.32. The summed E-state index contributed by atoms with van der Waals surface area (Å²) in [5, 5.41) is 4.06. The highest BCUT2D eigenvalue weighted by Gasteiger charge is 2.40. The third kappa shape index (κ3) is 2.11. The van der Waals surface area contributed by atoms with Crippen molar-refractivity contribution in [2.24, 2.45) is 0 Å². The van der Waals surface area contributed by atoms with E-state index in [1.807, 2.05) is 12.3 Å². The van der Waals surface area contributed by atoms with Crippen LogP contribution in [0.5, 0.6) is 0 Å². The standard InChI is InChI=1S/C21H22BN/c1-5-15-12-13-16-6-4-14-23-21(16)20(15)19(11-1)22-17-7-2-8-18(22)10-3-9-17/h1,4-6,11-14,17-18H,2-3,7-10H2. The molecule has 114 valence electrons. The smallest absolute Gasteiger partial charge is 0.183 e. The zero-order valence-corrected chi connectivity index (χ0v) is 13.5. The molecule has 2 saturated heterocycles. The Labute approximate surface area is 138 Å². The van der Waals surface area contributed by atoms with E-state index in [-0.39, 0.29) is 0 Å². The van der Waals surface area contributed by atoms with E-state index in [1.54, 1.807) is 5.46 Å². The van der Waals surface area contributed by atoms with Crippen molar-refractivity contribution >= 4 is 33.9 Å². The van der Waals surface area contributed by atoms with E-state index in [9.17, 15) is 0 Å². The Bertz CT molecular complexity index is 850. The monoisotopic (exact) mass is 299 g/mol. The maximum Gasteiger partial charge on any atom is 0.183 e. The van der Waals surface area contributed by atoms with Crippen LogP contribution < -0.4 is 5.46 Å². The molecule has 0 saturated carbocycles. The van der Waals surface area contributed by atoms with Gasteiger partial charge in [0, 0.05) is 17.0 Å². The lowest BCUT2D eigenvalue weighted by Crippen LogP contribution is -2.44. The van der Waals surface area contributed by atoms with Crippen molar-refractivity contribution in [2.45, 2.75) is 50.2 Å². The first-order chi connectivity index (χ1) is 11.4. The lowest BCUT2D eigenvalue weighted by Gasteiger charge is -2.41. The van der Waals surface area contributed by atoms with E-state index in [0.29, 0.717) is 0 Å². The van der Waals surface area contributed by atoms with Crippen LogP contribution in [0.2, 0.25) is 11.6 Å². The van der Waals surface area contributed by atoms with E-state index >= 15 is 0 Å². The lowest BCUT2D eigenvalue weighted by atomic mass is 9.24. The average Bonchev–Trinajstić information content (AvgIpc) is 2.60. The molecule has 2 aromatic carbocycles. The Hall–Kier alpha value is -1.83. The van der Waals surface area contributed by atoms with Gasteiger partial charge in [0.2, 0.25) is 0 Å². The Balaban J connectivity index is 1.79. The topological polar surface area (TPSA) is 12.9 Å². The van der Waals surface area contributed by atoms with Crippen molar-refractivity contribution in [2.75, 3.05) is 0 Å². The molecule has 0 spiro atoms. The van der Waals surface area contributed by atoms with Crippen molar-refractivity contribution in [1.82, 2.24) is 4.98 Å². The molecule has 0 aliphatic carbocycles. The highest BCUT2D eigenvalue weighted by molar-refractivity contribution is 6.78. The molecule has 23 heavy (non-hydrogen) atoms. The Morgan fingerprint density at radius 2 is 1.48 bits per heavy atom. The van der Waals surface area contributed by atoms with Gasteiger partial charge in [-0.25, -0.2) is 0 Å². The van der Waals surface area contributed by atoms with Crippen molar-refractivity contribution in [3.8, 4) is 0 Å². The maximum absolute atomic E-state index is 4.76. The van der Waals surface area contributed by atoms with Crippen molar-refractivity contribution in [1.29, 1.82) is 0 Å². The first-order valence-electron chi connectivity index (χ1n) is 9.18. The molecule has 3 heterocycles. The molecule has 0 unspecified atom stereocenters. The summed E-state index contributed by atoms with van der Waals surface area (Å²) < 4.78 is 0. The molecule has 2 aliphatic rings. The molecule has 1 nitrogen and oxygen atoms in total. The summed E-state index contributed by atoms with van der Waals surface area (Å²) in [4.78, 5) is 4.76. The molecular weight excluding hydrogens is 277 g/mol. The minimum atomic E-state index is 0.758. The average molecular weight is 299 g/mol. The Morgan fingerprint density at radius 3 is 2.26 bits per heavy atom. The first-order valence-corrected chi connectivity index (χ1v) is 9.18. The van der Waals surface area contributed by atoms with Gasteiger partial charge in [0.15, 0.2) is 6.71 Å². The van der Waals surface area contributed by atoms with Gasteiger partial charge in [-0.15, -0.1) is 0 Å². The van der Waals surface area contributed by atoms with Crippen LogP contribution in [0.4, 0.5) is 0 Å². The van der Waals surface area contributed by atoms with Crippen LogP contribution in [0.3, 0.4) is 0 Å². The number of aromatic nitrogens is 1. The number of hydrogen-bond acceptors (Lipinski definition) is 1. The number of rotatable bonds is 1. The maximum atomic E-state index is 4.76. The number of fused-ring (bicyclic) bond motifs is 5. The van der Waals surface area contributed by atoms with Gasteiger partial charge >= 0.3 is 0 Å². The van der Waals surface area contributed by atoms with Crippen LogP contribution in [-0.4, -0.2) is 11.7 Å². The third-order valence-electron chi connectivity index (χ3n) is 6.32. The second kappa shape index (κ2) is 5.37. The first kappa shape index (κ1) is 13.6. The molecule has 0 N–H and O–H groups in total. The van der Waals surface area contributed by atoms with Gasteiger partial charge in [0.1, 0.15) is 0 Å². The number of pyridine rings is 1. The Kier molecular flexibility index (Phi) is 3.17. The minimum absolute atomic E-state index is 0.758. The van der Waals surface area contributed by atoms with Crippen LogP contribution in [0.25, 0.3) is 21.7 Å². The molecule has 0 atom stereocenters. The van der Waals surface area contributed by atoms with Crippen molar-refractivity contribution in [3.63, 3.8) is 0 Å². The highest BCUT2D eigenvalue weighted by Crippen LogP contribution is 2.46. The van der Waals surface area contributed by atoms with E-state index in [2.05, 4.69) is 36.4 Å². The summed E-state index contributed by atoms with van der Waals surface area (Å²) in [5.74, 6) is 1.79. The highest BCUT2D eigenvalue weighted by atomic mass is 14.6. The summed E-state index contributed by atoms with van der Waals surface area (Å²) in [6, 6.07) is 15.7. The molecule has 2 bridgehead atoms. The van der Waals surface area contributed by atoms with Crippen LogP contribution in [0.15, 0.2) is 48.7 Å². The molecule has 2 heteroatoms. The zero-order valence-electron chi connectivity index (χ0n) is 13.5. The van der Waals surface area contributed by atoms with Gasteiger partial charge in [-0.3, -0.25) is 4.98 Å². The summed E-state index contributed by atoms with van der Waals surface area (Å²) >= 11 is 0. The molecule has 2 fully saturated rings. The van der Waals surface area contributed by atoms with Gasteiger partial charge in [0.05, 0.1) is 5.52 Å². The van der Waals surface area contributed by atoms with Crippen LogP contribution in [0, 0.1) is 0 Å². The van der Waals surface area contributed by atoms with E-state index in [4.69, 9.17) is 4.98 Å². The number of nitrogens with zero attached hydrogens (tertiary/aromatic N) is 1. The molecule has 2 aliphatic heterocycles. The predicted octanol–water partition coefficient (Wildman–Crippen LogP) is 5.20. The predicted molar refractivity (Wildman–Crippen MR) is 99.8 cm³/mol. The summed E-state index contributed by atoms with van der Waals surface area (Å²) in [5.41, 5.74) is 2.78. The van der Waals surface area contributed by atoms with E-state index < -0.39 is 0 Å². The molecule has 1 aromatic heterocycles. The van der Waals surface area contributed by atoms with E-state index in [1.165, 1.54) is 60.2 Å². The normalized spacial score (nSPS) is 24.3. The lowest BCUT2D eigenvalue weighted by molar-refractivity contribution is 0.448. The fraction of sp³-hybridized carbons (Fsp3) is 0.381. The van der Waals surface area contributed by atoms with E-state index in [0.717, 1.165) is 18.3 Å². The largest absolute Gasteiger partial charge is 0.256 e. The summed E-state index contributed by atoms with van der Waals surface area (Å²) in [6.45, 7) is 0.758. The fourth-order valence-electron chi connectivity index (χ4n) is 5.40. The van der Waals surface area contributed by atoms with Crippen molar-refractivity contribution in [3.05, 3.63) is 48.7 Å². The zero-order chi connectivity index (χ0) is 15.2. The summed E-state index contributed by atoms with van der Waals surface area (Å²) in [6.07, 6.45) is 10.5. The van der Waals surface area contributed by atoms with Gasteiger partial charge < -0.3 is 0 Å². The fourth-order valence-corrected chi connectivity index (χ4v) is 5.40. The van der Waals surface area contributed by atoms with Crippen LogP contribution >= 0.6 is 0 Å². The quantitative estimate of drug-likeness (QED) is 0.444. The Morgan fingerprint density at radius 1 is 0.783 bits per heavy atom. The number of benzene rings is 2. The van der Waals surface area contributed by atoms with Gasteiger partial charge in [-0.1, -0.05) is 92.0 Å². The van der Waals surface area contributed by atoms with Crippen LogP contribution in [-0.2, 0) is 0 Å². The number of hydrogen-bond donors (Lipinski definition) is 0. The SMILES string of the molecule is c1cnc2c(c1)ccc1cccc(B3C4CCCC3CCC4)c12. The van der Waals surface area contributed by atoms with Gasteiger partial charge in [-0.05, 0) is 11.5 Å². The minimum Gasteiger partial charge on any atom is -0.256 e. The molecule has 3 aromatic rings. The molecule has 0 amide bonds. The second-order valence-corrected chi connectivity index (χ2v) is 7.49. The molecule has 5 rings (SSSR count). The van der Waals surface area contributed by atoms with Crippen molar-refractivity contribution < 1.29 is 0 Å². The molecule has 0 radical (unpaired) electrons. The second-order valence-electron chi connectivity index (χ2n) is 7.49. The molecular formula is C21H22BN. The summed E-state index contributed by atoms with van der Waals surface area (Å²) in [7, 11) is 0. The van der Waals surface area contributed by atoms with Crippen LogP contribution in [0.1, 0.15) is 38.5 Å². The van der Waals surface area contributed by atoms with Gasteiger partial charge in [-0.2, -0.15) is 0 Å².